The zero-order valence-electron chi connectivity index (χ0n) is 7.50. The maximum atomic E-state index is 11.3. The van der Waals surface area contributed by atoms with Crippen LogP contribution in [0.2, 0.25) is 0 Å². The monoisotopic (exact) mass is 256 g/mol. The van der Waals surface area contributed by atoms with E-state index in [1.807, 2.05) is 12.2 Å². The molecule has 0 atom stereocenters. The van der Waals surface area contributed by atoms with E-state index in [-0.39, 0.29) is 0 Å². The average molecular weight is 257 g/mol. The number of hydrogen-bond acceptors (Lipinski definition) is 2. The van der Waals surface area contributed by atoms with Crippen LogP contribution in [0.15, 0.2) is 22.7 Å². The molecular formula is C9H9BrN2O2. The maximum absolute atomic E-state index is 11.3. The van der Waals surface area contributed by atoms with E-state index >= 15 is 0 Å². The zero-order chi connectivity index (χ0) is 10.7. The number of nitrogens with one attached hydrogen (secondary N) is 1. The van der Waals surface area contributed by atoms with Gasteiger partial charge in [0, 0.05) is 10.0 Å². The van der Waals surface area contributed by atoms with Gasteiger partial charge in [0.25, 0.3) is 5.91 Å². The molecule has 0 heterocycles. The molecule has 1 aromatic rings. The molecule has 0 saturated heterocycles. The molecule has 5 heteroatoms. The summed E-state index contributed by atoms with van der Waals surface area (Å²) in [7, 11) is 0. The summed E-state index contributed by atoms with van der Waals surface area (Å²) in [5.74, 6) is -0.492. The first-order valence-corrected chi connectivity index (χ1v) is 4.67. The molecule has 0 spiro atoms. The predicted octanol–water partition coefficient (Wildman–Crippen LogP) is 1.57. The Morgan fingerprint density at radius 3 is 2.57 bits per heavy atom. The van der Waals surface area contributed by atoms with Crippen molar-refractivity contribution in [1.82, 2.24) is 5.32 Å². The third-order valence-corrected chi connectivity index (χ3v) is 2.55. The summed E-state index contributed by atoms with van der Waals surface area (Å²) in [4.78, 5) is 21.7. The molecule has 74 valence electrons. The molecule has 3 N–H and O–H groups in total. The minimum Gasteiger partial charge on any atom is -0.351 e. The van der Waals surface area contributed by atoms with Gasteiger partial charge in [-0.2, -0.15) is 0 Å². The van der Waals surface area contributed by atoms with Gasteiger partial charge < -0.3 is 5.73 Å². The summed E-state index contributed by atoms with van der Waals surface area (Å²) in [6, 6.07) is 4.17. The number of halogens is 1. The van der Waals surface area contributed by atoms with Gasteiger partial charge in [0.2, 0.25) is 0 Å². The first-order valence-electron chi connectivity index (χ1n) is 3.87. The molecular weight excluding hydrogens is 248 g/mol. The number of carbonyl (C=O) groups is 2. The molecule has 0 aliphatic heterocycles. The van der Waals surface area contributed by atoms with Crippen molar-refractivity contribution in [2.24, 2.45) is 5.73 Å². The van der Waals surface area contributed by atoms with Crippen LogP contribution in [-0.4, -0.2) is 11.9 Å². The fourth-order valence-electron chi connectivity index (χ4n) is 0.970. The van der Waals surface area contributed by atoms with Crippen molar-refractivity contribution < 1.29 is 9.59 Å². The van der Waals surface area contributed by atoms with Gasteiger partial charge in [-0.1, -0.05) is 15.9 Å². The van der Waals surface area contributed by atoms with Crippen LogP contribution in [0.4, 0.5) is 4.79 Å². The van der Waals surface area contributed by atoms with Gasteiger partial charge >= 0.3 is 6.03 Å². The third kappa shape index (κ3) is 2.56. The quantitative estimate of drug-likeness (QED) is 0.801. The van der Waals surface area contributed by atoms with E-state index in [1.165, 1.54) is 0 Å². The summed E-state index contributed by atoms with van der Waals surface area (Å²) in [5.41, 5.74) is 6.14. The normalized spacial score (nSPS) is 9.57. The van der Waals surface area contributed by atoms with E-state index in [9.17, 15) is 9.59 Å². The van der Waals surface area contributed by atoms with Crippen LogP contribution in [-0.2, 0) is 0 Å². The standard InChI is InChI=1S/C9H9BrN2O2/c1-5-4-6(2-3-7(5)10)8(13)12-9(11)14/h2-4H,1H3,(H3,11,12,13,14). The van der Waals surface area contributed by atoms with E-state index in [0.717, 1.165) is 10.0 Å². The predicted molar refractivity (Wildman–Crippen MR) is 55.9 cm³/mol. The summed E-state index contributed by atoms with van der Waals surface area (Å²) in [5, 5.41) is 1.99. The number of urea groups is 1. The van der Waals surface area contributed by atoms with E-state index in [0.29, 0.717) is 5.56 Å². The van der Waals surface area contributed by atoms with Gasteiger partial charge in [0.15, 0.2) is 0 Å². The van der Waals surface area contributed by atoms with Gasteiger partial charge in [-0.05, 0) is 30.7 Å². The molecule has 14 heavy (non-hydrogen) atoms. The second-order valence-electron chi connectivity index (χ2n) is 2.78. The number of aryl methyl sites for hydroxylation is 1. The Bertz CT molecular complexity index is 390. The number of nitrogens with two attached hydrogens (primary N) is 1. The van der Waals surface area contributed by atoms with Crippen molar-refractivity contribution in [2.45, 2.75) is 6.92 Å². The SMILES string of the molecule is Cc1cc(C(=O)NC(N)=O)ccc1Br. The Balaban J connectivity index is 2.91. The van der Waals surface area contributed by atoms with Gasteiger partial charge in [-0.15, -0.1) is 0 Å². The maximum Gasteiger partial charge on any atom is 0.319 e. The Hall–Kier alpha value is -1.36. The van der Waals surface area contributed by atoms with Crippen LogP contribution in [0, 0.1) is 6.92 Å². The molecule has 0 aliphatic rings. The number of rotatable bonds is 1. The minimum absolute atomic E-state index is 0.407. The number of benzene rings is 1. The van der Waals surface area contributed by atoms with Gasteiger partial charge in [0.1, 0.15) is 0 Å². The fraction of sp³-hybridized carbons (Fsp3) is 0.111. The average Bonchev–Trinajstić information content (AvgIpc) is 2.08. The zero-order valence-corrected chi connectivity index (χ0v) is 9.09. The van der Waals surface area contributed by atoms with Gasteiger partial charge in [-0.3, -0.25) is 10.1 Å². The van der Waals surface area contributed by atoms with Crippen LogP contribution in [0.25, 0.3) is 0 Å². The molecule has 1 aromatic carbocycles. The molecule has 0 unspecified atom stereocenters. The number of primary amides is 1. The lowest BCUT2D eigenvalue weighted by atomic mass is 10.1. The van der Waals surface area contributed by atoms with E-state index < -0.39 is 11.9 Å². The first kappa shape index (κ1) is 10.7. The van der Waals surface area contributed by atoms with Crippen molar-refractivity contribution in [1.29, 1.82) is 0 Å². The van der Waals surface area contributed by atoms with Crippen molar-refractivity contribution in [3.8, 4) is 0 Å². The van der Waals surface area contributed by atoms with E-state index in [4.69, 9.17) is 5.73 Å². The van der Waals surface area contributed by atoms with E-state index in [1.54, 1.807) is 18.2 Å². The highest BCUT2D eigenvalue weighted by atomic mass is 79.9. The van der Waals surface area contributed by atoms with Crippen LogP contribution in [0.5, 0.6) is 0 Å². The minimum atomic E-state index is -0.851. The van der Waals surface area contributed by atoms with Crippen LogP contribution in [0.3, 0.4) is 0 Å². The van der Waals surface area contributed by atoms with Crippen LogP contribution < -0.4 is 11.1 Å². The van der Waals surface area contributed by atoms with Crippen LogP contribution in [0.1, 0.15) is 15.9 Å². The van der Waals surface area contributed by atoms with Crippen molar-refractivity contribution in [3.63, 3.8) is 0 Å². The summed E-state index contributed by atoms with van der Waals surface area (Å²) < 4.78 is 0.910. The first-order chi connectivity index (χ1) is 6.50. The molecule has 0 bridgehead atoms. The smallest absolute Gasteiger partial charge is 0.319 e. The molecule has 1 rings (SSSR count). The van der Waals surface area contributed by atoms with Crippen molar-refractivity contribution >= 4 is 27.9 Å². The summed E-state index contributed by atoms with van der Waals surface area (Å²) in [6.07, 6.45) is 0. The van der Waals surface area contributed by atoms with Crippen LogP contribution >= 0.6 is 15.9 Å². The summed E-state index contributed by atoms with van der Waals surface area (Å²) >= 11 is 3.31. The highest BCUT2D eigenvalue weighted by molar-refractivity contribution is 9.10. The Morgan fingerprint density at radius 1 is 1.43 bits per heavy atom. The van der Waals surface area contributed by atoms with Gasteiger partial charge in [0.05, 0.1) is 0 Å². The lowest BCUT2D eigenvalue weighted by Crippen LogP contribution is -2.34. The molecule has 3 amide bonds. The number of carbonyl (C=O) groups excluding carboxylic acids is 2. The Morgan fingerprint density at radius 2 is 2.07 bits per heavy atom. The highest BCUT2D eigenvalue weighted by Crippen LogP contribution is 2.16. The molecule has 0 saturated carbocycles. The van der Waals surface area contributed by atoms with Gasteiger partial charge in [-0.25, -0.2) is 4.79 Å². The largest absolute Gasteiger partial charge is 0.351 e. The molecule has 0 aliphatic carbocycles. The summed E-state index contributed by atoms with van der Waals surface area (Å²) in [6.45, 7) is 1.85. The van der Waals surface area contributed by atoms with E-state index in [2.05, 4.69) is 15.9 Å². The molecule has 0 fully saturated rings. The highest BCUT2D eigenvalue weighted by Gasteiger charge is 2.08. The third-order valence-electron chi connectivity index (χ3n) is 1.66. The number of amides is 3. The molecule has 0 radical (unpaired) electrons. The second-order valence-corrected chi connectivity index (χ2v) is 3.64. The Labute approximate surface area is 89.6 Å². The fourth-order valence-corrected chi connectivity index (χ4v) is 1.22. The second kappa shape index (κ2) is 4.23. The molecule has 4 nitrogen and oxygen atoms in total. The number of imide groups is 1. The Kier molecular flexibility index (Phi) is 3.24. The van der Waals surface area contributed by atoms with Crippen molar-refractivity contribution in [3.05, 3.63) is 33.8 Å². The molecule has 0 aromatic heterocycles. The van der Waals surface area contributed by atoms with Crippen molar-refractivity contribution in [2.75, 3.05) is 0 Å². The topological polar surface area (TPSA) is 72.2 Å². The lowest BCUT2D eigenvalue weighted by molar-refractivity contribution is 0.0966. The number of hydrogen-bond donors (Lipinski definition) is 2. The lowest BCUT2D eigenvalue weighted by Gasteiger charge is -2.03.